The van der Waals surface area contributed by atoms with Crippen molar-refractivity contribution in [3.8, 4) is 0 Å². The third-order valence-electron chi connectivity index (χ3n) is 3.95. The number of nitrogens with zero attached hydrogens (tertiary/aromatic N) is 1. The summed E-state index contributed by atoms with van der Waals surface area (Å²) < 4.78 is 5.73. The molecule has 2 aromatic rings. The van der Waals surface area contributed by atoms with E-state index in [1.807, 2.05) is 6.07 Å². The molecule has 1 aliphatic heterocycles. The van der Waals surface area contributed by atoms with Crippen LogP contribution in [0.5, 0.6) is 0 Å². The molecule has 1 aliphatic rings. The third-order valence-corrected chi connectivity index (χ3v) is 4.64. The lowest BCUT2D eigenvalue weighted by Gasteiger charge is -2.12. The molecule has 1 heterocycles. The lowest BCUT2D eigenvalue weighted by Crippen LogP contribution is -2.30. The fraction of sp³-hybridized carbons (Fsp3) is 0.158. The molecule has 0 bridgehead atoms. The van der Waals surface area contributed by atoms with Crippen LogP contribution in [0.15, 0.2) is 53.0 Å². The highest BCUT2D eigenvalue weighted by molar-refractivity contribution is 9.10. The molecule has 2 aromatic carbocycles. The van der Waals surface area contributed by atoms with Crippen molar-refractivity contribution in [3.05, 3.63) is 64.1 Å². The topological polar surface area (TPSA) is 105 Å². The first-order valence-corrected chi connectivity index (χ1v) is 9.12. The van der Waals surface area contributed by atoms with Crippen LogP contribution in [0.3, 0.4) is 0 Å². The highest BCUT2D eigenvalue weighted by Crippen LogP contribution is 2.21. The van der Waals surface area contributed by atoms with Gasteiger partial charge in [-0.05, 0) is 45.8 Å². The first-order valence-electron chi connectivity index (χ1n) is 8.32. The second-order valence-electron chi connectivity index (χ2n) is 5.94. The Bertz CT molecular complexity index is 913. The van der Waals surface area contributed by atoms with Gasteiger partial charge < -0.3 is 15.4 Å². The first kappa shape index (κ1) is 19.6. The molecule has 0 aromatic heterocycles. The van der Waals surface area contributed by atoms with E-state index in [1.54, 1.807) is 30.3 Å². The van der Waals surface area contributed by atoms with E-state index in [0.29, 0.717) is 11.3 Å². The van der Waals surface area contributed by atoms with E-state index in [0.717, 1.165) is 9.37 Å². The number of amides is 4. The van der Waals surface area contributed by atoms with Crippen LogP contribution in [0.4, 0.5) is 10.5 Å². The molecular weight excluding hydrogens is 430 g/mol. The van der Waals surface area contributed by atoms with Crippen molar-refractivity contribution in [1.82, 2.24) is 10.2 Å². The van der Waals surface area contributed by atoms with Gasteiger partial charge in [-0.2, -0.15) is 0 Å². The Kier molecular flexibility index (Phi) is 6.05. The molecule has 0 atom stereocenters. The monoisotopic (exact) mass is 445 g/mol. The standard InChI is InChI=1S/C19H16BrN3O5/c20-14-3-1-2-4-15(14)22-16(24)11-28-18(26)13-7-5-12(6-8-13)10-23-17(25)9-21-19(23)27/h1-8H,9-11H2,(H,21,27)(H,22,24). The highest BCUT2D eigenvalue weighted by atomic mass is 79.9. The summed E-state index contributed by atoms with van der Waals surface area (Å²) in [6.45, 7) is -0.316. The molecule has 28 heavy (non-hydrogen) atoms. The smallest absolute Gasteiger partial charge is 0.338 e. The molecule has 0 saturated carbocycles. The van der Waals surface area contributed by atoms with Crippen molar-refractivity contribution in [1.29, 1.82) is 0 Å². The van der Waals surface area contributed by atoms with Gasteiger partial charge in [-0.15, -0.1) is 0 Å². The molecule has 0 aliphatic carbocycles. The van der Waals surface area contributed by atoms with E-state index in [2.05, 4.69) is 26.6 Å². The SMILES string of the molecule is O=C(COC(=O)c1ccc(CN2C(=O)CNC2=O)cc1)Nc1ccccc1Br. The molecule has 4 amide bonds. The van der Waals surface area contributed by atoms with E-state index in [1.165, 1.54) is 12.1 Å². The van der Waals surface area contributed by atoms with Gasteiger partial charge in [-0.3, -0.25) is 14.5 Å². The van der Waals surface area contributed by atoms with Gasteiger partial charge in [0.25, 0.3) is 5.91 Å². The maximum Gasteiger partial charge on any atom is 0.338 e. The molecular formula is C19H16BrN3O5. The number of carbonyl (C=O) groups excluding carboxylic acids is 4. The van der Waals surface area contributed by atoms with Gasteiger partial charge in [0, 0.05) is 4.47 Å². The minimum absolute atomic E-state index is 0.00907. The van der Waals surface area contributed by atoms with Gasteiger partial charge in [0.05, 0.1) is 24.3 Å². The zero-order valence-electron chi connectivity index (χ0n) is 14.6. The van der Waals surface area contributed by atoms with Crippen molar-refractivity contribution in [2.24, 2.45) is 0 Å². The van der Waals surface area contributed by atoms with Gasteiger partial charge in [0.15, 0.2) is 6.61 Å². The maximum atomic E-state index is 12.1. The van der Waals surface area contributed by atoms with Gasteiger partial charge >= 0.3 is 12.0 Å². The molecule has 0 unspecified atom stereocenters. The average molecular weight is 446 g/mol. The summed E-state index contributed by atoms with van der Waals surface area (Å²) in [6.07, 6.45) is 0. The number of esters is 1. The Morgan fingerprint density at radius 2 is 1.82 bits per heavy atom. The minimum atomic E-state index is -0.649. The molecule has 2 N–H and O–H groups in total. The molecule has 3 rings (SSSR count). The van der Waals surface area contributed by atoms with Gasteiger partial charge in [0.1, 0.15) is 0 Å². The van der Waals surface area contributed by atoms with Gasteiger partial charge in [-0.25, -0.2) is 9.59 Å². The third kappa shape index (κ3) is 4.74. The second-order valence-corrected chi connectivity index (χ2v) is 6.79. The van der Waals surface area contributed by atoms with E-state index >= 15 is 0 Å². The van der Waals surface area contributed by atoms with Crippen molar-refractivity contribution in [3.63, 3.8) is 0 Å². The summed E-state index contributed by atoms with van der Waals surface area (Å²) in [5.74, 6) is -1.41. The Hall–Kier alpha value is -3.20. The first-order chi connectivity index (χ1) is 13.4. The summed E-state index contributed by atoms with van der Waals surface area (Å²) in [5, 5.41) is 5.08. The number of rotatable bonds is 6. The predicted octanol–water partition coefficient (Wildman–Crippen LogP) is 2.30. The number of hydrogen-bond acceptors (Lipinski definition) is 5. The van der Waals surface area contributed by atoms with E-state index in [9.17, 15) is 19.2 Å². The van der Waals surface area contributed by atoms with Crippen LogP contribution in [0.1, 0.15) is 15.9 Å². The quantitative estimate of drug-likeness (QED) is 0.524. The largest absolute Gasteiger partial charge is 0.452 e. The Morgan fingerprint density at radius 1 is 1.11 bits per heavy atom. The molecule has 1 fully saturated rings. The van der Waals surface area contributed by atoms with Gasteiger partial charge in [-0.1, -0.05) is 24.3 Å². The van der Waals surface area contributed by atoms with Crippen LogP contribution in [0, 0.1) is 0 Å². The summed E-state index contributed by atoms with van der Waals surface area (Å²) in [5.41, 5.74) is 1.52. The van der Waals surface area contributed by atoms with E-state index in [-0.39, 0.29) is 24.6 Å². The molecule has 144 valence electrons. The zero-order chi connectivity index (χ0) is 20.1. The summed E-state index contributed by atoms with van der Waals surface area (Å²) in [6, 6.07) is 12.9. The summed E-state index contributed by atoms with van der Waals surface area (Å²) in [7, 11) is 0. The zero-order valence-corrected chi connectivity index (χ0v) is 16.2. The lowest BCUT2D eigenvalue weighted by molar-refractivity contribution is -0.125. The number of carbonyl (C=O) groups is 4. The fourth-order valence-electron chi connectivity index (χ4n) is 2.51. The molecule has 0 radical (unpaired) electrons. The van der Waals surface area contributed by atoms with Crippen LogP contribution in [-0.2, 0) is 20.9 Å². The van der Waals surface area contributed by atoms with Crippen molar-refractivity contribution >= 4 is 45.4 Å². The number of anilines is 1. The molecule has 9 heteroatoms. The number of hydrogen-bond donors (Lipinski definition) is 2. The minimum Gasteiger partial charge on any atom is -0.452 e. The molecule has 0 spiro atoms. The highest BCUT2D eigenvalue weighted by Gasteiger charge is 2.28. The fourth-order valence-corrected chi connectivity index (χ4v) is 2.89. The van der Waals surface area contributed by atoms with E-state index < -0.39 is 24.5 Å². The van der Waals surface area contributed by atoms with Crippen LogP contribution in [0.2, 0.25) is 0 Å². The molecule has 1 saturated heterocycles. The number of halogens is 1. The lowest BCUT2D eigenvalue weighted by atomic mass is 10.1. The number of nitrogens with one attached hydrogen (secondary N) is 2. The van der Waals surface area contributed by atoms with E-state index in [4.69, 9.17) is 4.74 Å². The van der Waals surface area contributed by atoms with Crippen molar-refractivity contribution in [2.45, 2.75) is 6.54 Å². The average Bonchev–Trinajstić information content (AvgIpc) is 3.00. The van der Waals surface area contributed by atoms with Crippen LogP contribution in [0.25, 0.3) is 0 Å². The summed E-state index contributed by atoms with van der Waals surface area (Å²) >= 11 is 3.31. The second kappa shape index (κ2) is 8.66. The number of benzene rings is 2. The normalized spacial score (nSPS) is 13.2. The van der Waals surface area contributed by atoms with Crippen molar-refractivity contribution in [2.75, 3.05) is 18.5 Å². The number of imide groups is 1. The maximum absolute atomic E-state index is 12.1. The Balaban J connectivity index is 1.52. The number of ether oxygens (including phenoxy) is 1. The Labute approximate surface area is 169 Å². The van der Waals surface area contributed by atoms with Crippen LogP contribution < -0.4 is 10.6 Å². The molecule has 8 nitrogen and oxygen atoms in total. The van der Waals surface area contributed by atoms with Crippen LogP contribution >= 0.6 is 15.9 Å². The summed E-state index contributed by atoms with van der Waals surface area (Å²) in [4.78, 5) is 48.2. The van der Waals surface area contributed by atoms with Crippen LogP contribution in [-0.4, -0.2) is 41.9 Å². The van der Waals surface area contributed by atoms with Crippen molar-refractivity contribution < 1.29 is 23.9 Å². The predicted molar refractivity (Wildman–Crippen MR) is 103 cm³/mol. The number of urea groups is 1. The number of para-hydroxylation sites is 1. The van der Waals surface area contributed by atoms with Gasteiger partial charge in [0.2, 0.25) is 5.91 Å². The Morgan fingerprint density at radius 3 is 2.46 bits per heavy atom.